The molecule has 2 atom stereocenters. The number of alkyl halides is 1. The number of hydrogen-bond donors (Lipinski definition) is 1. The van der Waals surface area contributed by atoms with E-state index in [9.17, 15) is 13.6 Å². The second kappa shape index (κ2) is 2.77. The summed E-state index contributed by atoms with van der Waals surface area (Å²) < 4.78 is 26.3. The van der Waals surface area contributed by atoms with Crippen molar-refractivity contribution in [3.05, 3.63) is 35.6 Å². The van der Waals surface area contributed by atoms with Crippen LogP contribution in [0, 0.1) is 11.7 Å². The van der Waals surface area contributed by atoms with Gasteiger partial charge in [0.15, 0.2) is 0 Å². The molecular formula is C10H8F2O2. The van der Waals surface area contributed by atoms with Crippen LogP contribution in [0.4, 0.5) is 8.78 Å². The number of carboxylic acids is 1. The predicted molar refractivity (Wildman–Crippen MR) is 44.9 cm³/mol. The first-order valence-electron chi connectivity index (χ1n) is 4.22. The number of rotatable bonds is 2. The van der Waals surface area contributed by atoms with Gasteiger partial charge >= 0.3 is 5.97 Å². The minimum atomic E-state index is -1.79. The van der Waals surface area contributed by atoms with E-state index in [0.29, 0.717) is 0 Å². The van der Waals surface area contributed by atoms with Crippen molar-refractivity contribution in [2.75, 3.05) is 0 Å². The Morgan fingerprint density at radius 3 is 2.43 bits per heavy atom. The molecule has 1 saturated carbocycles. The van der Waals surface area contributed by atoms with Crippen molar-refractivity contribution in [1.82, 2.24) is 0 Å². The minimum Gasteiger partial charge on any atom is -0.481 e. The van der Waals surface area contributed by atoms with Crippen molar-refractivity contribution < 1.29 is 18.7 Å². The topological polar surface area (TPSA) is 37.3 Å². The third-order valence-electron chi connectivity index (χ3n) is 2.52. The smallest absolute Gasteiger partial charge is 0.310 e. The highest BCUT2D eigenvalue weighted by molar-refractivity contribution is 5.76. The molecule has 0 heterocycles. The van der Waals surface area contributed by atoms with Gasteiger partial charge in [0.1, 0.15) is 11.5 Å². The number of halogens is 2. The summed E-state index contributed by atoms with van der Waals surface area (Å²) in [7, 11) is 0. The molecule has 14 heavy (non-hydrogen) atoms. The number of benzene rings is 1. The number of carboxylic acid groups (broad SMARTS) is 1. The van der Waals surface area contributed by atoms with E-state index in [1.807, 2.05) is 0 Å². The molecule has 0 saturated heterocycles. The van der Waals surface area contributed by atoms with Gasteiger partial charge in [-0.25, -0.2) is 8.78 Å². The Balaban J connectivity index is 2.25. The van der Waals surface area contributed by atoms with Gasteiger partial charge in [-0.2, -0.15) is 0 Å². The Kier molecular flexibility index (Phi) is 1.80. The van der Waals surface area contributed by atoms with Crippen LogP contribution >= 0.6 is 0 Å². The zero-order chi connectivity index (χ0) is 10.3. The molecule has 1 aliphatic carbocycles. The molecule has 0 bridgehead atoms. The number of hydrogen-bond acceptors (Lipinski definition) is 1. The Bertz CT molecular complexity index is 374. The van der Waals surface area contributed by atoms with Crippen molar-refractivity contribution in [2.24, 2.45) is 5.92 Å². The maximum atomic E-state index is 13.8. The maximum Gasteiger partial charge on any atom is 0.310 e. The van der Waals surface area contributed by atoms with Crippen molar-refractivity contribution >= 4 is 5.97 Å². The summed E-state index contributed by atoms with van der Waals surface area (Å²) in [4.78, 5) is 10.5. The van der Waals surface area contributed by atoms with Crippen LogP contribution in [0.1, 0.15) is 12.0 Å². The maximum absolute atomic E-state index is 13.8. The summed E-state index contributed by atoms with van der Waals surface area (Å²) in [5.41, 5.74) is -1.55. The molecule has 4 heteroatoms. The second-order valence-corrected chi connectivity index (χ2v) is 3.46. The molecule has 1 fully saturated rings. The SMILES string of the molecule is O=C(O)C1C[C@@]1(F)c1ccc(F)cc1. The van der Waals surface area contributed by atoms with Gasteiger partial charge in [0.25, 0.3) is 0 Å². The molecule has 1 aromatic rings. The lowest BCUT2D eigenvalue weighted by molar-refractivity contribution is -0.139. The average Bonchev–Trinajstić information content (AvgIpc) is 2.80. The monoisotopic (exact) mass is 198 g/mol. The molecule has 0 amide bonds. The zero-order valence-electron chi connectivity index (χ0n) is 7.21. The van der Waals surface area contributed by atoms with Crippen LogP contribution in [-0.4, -0.2) is 11.1 Å². The molecule has 1 aliphatic rings. The molecule has 74 valence electrons. The molecule has 1 N–H and O–H groups in total. The van der Waals surface area contributed by atoms with E-state index < -0.39 is 23.4 Å². The first-order chi connectivity index (χ1) is 6.54. The van der Waals surface area contributed by atoms with Crippen LogP contribution in [0.2, 0.25) is 0 Å². The van der Waals surface area contributed by atoms with Crippen LogP contribution in [0.5, 0.6) is 0 Å². The highest BCUT2D eigenvalue weighted by atomic mass is 19.1. The van der Waals surface area contributed by atoms with Gasteiger partial charge < -0.3 is 5.11 Å². The number of carbonyl (C=O) groups is 1. The quantitative estimate of drug-likeness (QED) is 0.790. The predicted octanol–water partition coefficient (Wildman–Crippen LogP) is 2.10. The van der Waals surface area contributed by atoms with E-state index in [0.717, 1.165) is 12.1 Å². The normalized spacial score (nSPS) is 30.0. The lowest BCUT2D eigenvalue weighted by Crippen LogP contribution is -2.09. The summed E-state index contributed by atoms with van der Waals surface area (Å²) >= 11 is 0. The van der Waals surface area contributed by atoms with E-state index in [2.05, 4.69) is 0 Å². The van der Waals surface area contributed by atoms with E-state index >= 15 is 0 Å². The number of aliphatic carboxylic acids is 1. The van der Waals surface area contributed by atoms with Gasteiger partial charge in [0.2, 0.25) is 0 Å². The molecular weight excluding hydrogens is 190 g/mol. The second-order valence-electron chi connectivity index (χ2n) is 3.46. The lowest BCUT2D eigenvalue weighted by atomic mass is 10.1. The summed E-state index contributed by atoms with van der Waals surface area (Å²) in [6.07, 6.45) is -0.0199. The Labute approximate surface area is 79.2 Å². The fraction of sp³-hybridized carbons (Fsp3) is 0.300. The van der Waals surface area contributed by atoms with E-state index in [1.165, 1.54) is 12.1 Å². The highest BCUT2D eigenvalue weighted by Crippen LogP contribution is 2.55. The summed E-state index contributed by atoms with van der Waals surface area (Å²) in [6, 6.07) is 4.85. The van der Waals surface area contributed by atoms with Crippen LogP contribution in [0.3, 0.4) is 0 Å². The van der Waals surface area contributed by atoms with E-state index in [4.69, 9.17) is 5.11 Å². The largest absolute Gasteiger partial charge is 0.481 e. The van der Waals surface area contributed by atoms with Gasteiger partial charge in [-0.1, -0.05) is 12.1 Å². The summed E-state index contributed by atoms with van der Waals surface area (Å²) in [5, 5.41) is 8.59. The van der Waals surface area contributed by atoms with Crippen LogP contribution in [0.15, 0.2) is 24.3 Å². The fourth-order valence-corrected chi connectivity index (χ4v) is 1.57. The van der Waals surface area contributed by atoms with Crippen LogP contribution in [-0.2, 0) is 10.5 Å². The van der Waals surface area contributed by atoms with Crippen molar-refractivity contribution in [2.45, 2.75) is 12.1 Å². The first-order valence-corrected chi connectivity index (χ1v) is 4.22. The third-order valence-corrected chi connectivity index (χ3v) is 2.52. The minimum absolute atomic E-state index is 0.0199. The zero-order valence-corrected chi connectivity index (χ0v) is 7.21. The van der Waals surface area contributed by atoms with Gasteiger partial charge in [-0.05, 0) is 17.7 Å². The van der Waals surface area contributed by atoms with Gasteiger partial charge in [0, 0.05) is 6.42 Å². The average molecular weight is 198 g/mol. The molecule has 0 spiro atoms. The molecule has 1 aromatic carbocycles. The molecule has 0 aliphatic heterocycles. The van der Waals surface area contributed by atoms with Crippen molar-refractivity contribution in [3.63, 3.8) is 0 Å². The van der Waals surface area contributed by atoms with Crippen molar-refractivity contribution in [1.29, 1.82) is 0 Å². The summed E-state index contributed by atoms with van der Waals surface area (Å²) in [5.74, 6) is -2.57. The van der Waals surface area contributed by atoms with E-state index in [-0.39, 0.29) is 12.0 Å². The Morgan fingerprint density at radius 2 is 2.00 bits per heavy atom. The molecule has 2 rings (SSSR count). The van der Waals surface area contributed by atoms with Gasteiger partial charge in [-0.15, -0.1) is 0 Å². The molecule has 0 radical (unpaired) electrons. The Morgan fingerprint density at radius 1 is 1.43 bits per heavy atom. The highest BCUT2D eigenvalue weighted by Gasteiger charge is 2.61. The van der Waals surface area contributed by atoms with Crippen LogP contribution < -0.4 is 0 Å². The van der Waals surface area contributed by atoms with Gasteiger partial charge in [-0.3, -0.25) is 4.79 Å². The lowest BCUT2D eigenvalue weighted by Gasteiger charge is -2.05. The Hall–Kier alpha value is -1.45. The molecule has 1 unspecified atom stereocenters. The summed E-state index contributed by atoms with van der Waals surface area (Å²) in [6.45, 7) is 0. The third kappa shape index (κ3) is 1.27. The fourth-order valence-electron chi connectivity index (χ4n) is 1.57. The molecule has 0 aromatic heterocycles. The molecule has 2 nitrogen and oxygen atoms in total. The van der Waals surface area contributed by atoms with Gasteiger partial charge in [0.05, 0.1) is 5.92 Å². The standard InChI is InChI=1S/C10H8F2O2/c11-7-3-1-6(2-4-7)10(12)5-8(10)9(13)14/h1-4,8H,5H2,(H,13,14)/t8?,10-/m1/s1. The van der Waals surface area contributed by atoms with Crippen LogP contribution in [0.25, 0.3) is 0 Å². The van der Waals surface area contributed by atoms with Crippen molar-refractivity contribution in [3.8, 4) is 0 Å². The van der Waals surface area contributed by atoms with E-state index in [1.54, 1.807) is 0 Å². The first kappa shape index (κ1) is 9.12.